The maximum absolute atomic E-state index is 12.6. The standard InChI is InChI=1S/C19H21NO6/c1-4-24-14-6-5-13(11-15(14)22-2)20-19(21)12-9-16(23-3)18-17(10-12)25-7-8-26-18/h5-6,9-11H,4,7-8H2,1-3H3,(H,20,21). The number of anilines is 1. The summed E-state index contributed by atoms with van der Waals surface area (Å²) in [5.41, 5.74) is 0.989. The van der Waals surface area contributed by atoms with Crippen LogP contribution >= 0.6 is 0 Å². The van der Waals surface area contributed by atoms with Gasteiger partial charge in [-0.25, -0.2) is 0 Å². The Hall–Kier alpha value is -3.09. The molecular weight excluding hydrogens is 338 g/mol. The third-order valence-corrected chi connectivity index (χ3v) is 3.81. The highest BCUT2D eigenvalue weighted by Gasteiger charge is 2.21. The molecule has 7 nitrogen and oxygen atoms in total. The number of amides is 1. The van der Waals surface area contributed by atoms with Crippen molar-refractivity contribution in [2.75, 3.05) is 39.4 Å². The number of nitrogens with one attached hydrogen (secondary N) is 1. The second-order valence-electron chi connectivity index (χ2n) is 5.46. The van der Waals surface area contributed by atoms with Crippen molar-refractivity contribution in [2.24, 2.45) is 0 Å². The second kappa shape index (κ2) is 7.86. The van der Waals surface area contributed by atoms with E-state index in [4.69, 9.17) is 23.7 Å². The van der Waals surface area contributed by atoms with Crippen molar-refractivity contribution in [2.45, 2.75) is 6.92 Å². The van der Waals surface area contributed by atoms with Crippen molar-refractivity contribution in [3.8, 4) is 28.7 Å². The van der Waals surface area contributed by atoms with E-state index >= 15 is 0 Å². The summed E-state index contributed by atoms with van der Waals surface area (Å²) in [6, 6.07) is 8.47. The Labute approximate surface area is 151 Å². The lowest BCUT2D eigenvalue weighted by atomic mass is 10.1. The molecule has 0 radical (unpaired) electrons. The lowest BCUT2D eigenvalue weighted by molar-refractivity contribution is 0.102. The van der Waals surface area contributed by atoms with Gasteiger partial charge in [0.05, 0.1) is 20.8 Å². The number of carbonyl (C=O) groups is 1. The number of benzene rings is 2. The summed E-state index contributed by atoms with van der Waals surface area (Å²) in [5, 5.41) is 2.83. The predicted octanol–water partition coefficient (Wildman–Crippen LogP) is 3.13. The predicted molar refractivity (Wildman–Crippen MR) is 96.1 cm³/mol. The van der Waals surface area contributed by atoms with Gasteiger partial charge in [-0.3, -0.25) is 4.79 Å². The smallest absolute Gasteiger partial charge is 0.255 e. The number of hydrogen-bond acceptors (Lipinski definition) is 6. The van der Waals surface area contributed by atoms with Gasteiger partial charge in [-0.1, -0.05) is 0 Å². The third kappa shape index (κ3) is 3.61. The van der Waals surface area contributed by atoms with Crippen LogP contribution in [-0.2, 0) is 0 Å². The topological polar surface area (TPSA) is 75.3 Å². The lowest BCUT2D eigenvalue weighted by Crippen LogP contribution is -2.18. The molecule has 0 aromatic heterocycles. The number of hydrogen-bond donors (Lipinski definition) is 1. The van der Waals surface area contributed by atoms with E-state index in [-0.39, 0.29) is 5.91 Å². The molecule has 3 rings (SSSR count). The summed E-state index contributed by atoms with van der Waals surface area (Å²) in [6.45, 7) is 3.29. The summed E-state index contributed by atoms with van der Waals surface area (Å²) < 4.78 is 27.2. The highest BCUT2D eigenvalue weighted by Crippen LogP contribution is 2.40. The van der Waals surface area contributed by atoms with E-state index in [9.17, 15) is 4.79 Å². The third-order valence-electron chi connectivity index (χ3n) is 3.81. The van der Waals surface area contributed by atoms with E-state index in [1.807, 2.05) is 6.92 Å². The van der Waals surface area contributed by atoms with E-state index in [1.165, 1.54) is 7.11 Å². The minimum absolute atomic E-state index is 0.300. The maximum Gasteiger partial charge on any atom is 0.255 e. The Balaban J connectivity index is 1.84. The van der Waals surface area contributed by atoms with Gasteiger partial charge in [-0.05, 0) is 31.2 Å². The lowest BCUT2D eigenvalue weighted by Gasteiger charge is -2.21. The first-order chi connectivity index (χ1) is 12.7. The van der Waals surface area contributed by atoms with E-state index < -0.39 is 0 Å². The zero-order valence-electron chi connectivity index (χ0n) is 15.0. The van der Waals surface area contributed by atoms with Gasteiger partial charge in [-0.15, -0.1) is 0 Å². The summed E-state index contributed by atoms with van der Waals surface area (Å²) in [6.07, 6.45) is 0. The maximum atomic E-state index is 12.6. The van der Waals surface area contributed by atoms with Crippen LogP contribution in [-0.4, -0.2) is 39.9 Å². The fraction of sp³-hybridized carbons (Fsp3) is 0.316. The van der Waals surface area contributed by atoms with Crippen LogP contribution < -0.4 is 29.0 Å². The van der Waals surface area contributed by atoms with Crippen LogP contribution in [0.2, 0.25) is 0 Å². The Kier molecular flexibility index (Phi) is 5.36. The van der Waals surface area contributed by atoms with Crippen molar-refractivity contribution in [3.63, 3.8) is 0 Å². The minimum atomic E-state index is -0.300. The first-order valence-electron chi connectivity index (χ1n) is 8.26. The molecule has 0 spiro atoms. The Morgan fingerprint density at radius 3 is 2.54 bits per heavy atom. The molecule has 138 valence electrons. The van der Waals surface area contributed by atoms with Gasteiger partial charge in [0.25, 0.3) is 5.91 Å². The zero-order chi connectivity index (χ0) is 18.5. The Morgan fingerprint density at radius 1 is 1.04 bits per heavy atom. The van der Waals surface area contributed by atoms with Crippen molar-refractivity contribution >= 4 is 11.6 Å². The average Bonchev–Trinajstić information content (AvgIpc) is 2.68. The van der Waals surface area contributed by atoms with Gasteiger partial charge < -0.3 is 29.0 Å². The number of rotatable bonds is 6. The van der Waals surface area contributed by atoms with Crippen molar-refractivity contribution in [1.29, 1.82) is 0 Å². The van der Waals surface area contributed by atoms with Crippen molar-refractivity contribution in [1.82, 2.24) is 0 Å². The zero-order valence-corrected chi connectivity index (χ0v) is 15.0. The van der Waals surface area contributed by atoms with Crippen LogP contribution in [0.15, 0.2) is 30.3 Å². The molecule has 0 atom stereocenters. The van der Waals surface area contributed by atoms with Gasteiger partial charge in [0.15, 0.2) is 23.0 Å². The van der Waals surface area contributed by atoms with Crippen LogP contribution in [0.3, 0.4) is 0 Å². The molecule has 0 fully saturated rings. The van der Waals surface area contributed by atoms with Crippen LogP contribution in [0.4, 0.5) is 5.69 Å². The molecule has 1 aliphatic rings. The van der Waals surface area contributed by atoms with Gasteiger partial charge in [0, 0.05) is 17.3 Å². The molecule has 26 heavy (non-hydrogen) atoms. The van der Waals surface area contributed by atoms with E-state index in [1.54, 1.807) is 37.4 Å². The van der Waals surface area contributed by atoms with Crippen molar-refractivity contribution < 1.29 is 28.5 Å². The Bertz CT molecular complexity index is 788. The van der Waals surface area contributed by atoms with Crippen molar-refractivity contribution in [3.05, 3.63) is 35.9 Å². The fourth-order valence-corrected chi connectivity index (χ4v) is 2.63. The monoisotopic (exact) mass is 359 g/mol. The van der Waals surface area contributed by atoms with Crippen LogP contribution in [0, 0.1) is 0 Å². The normalized spacial score (nSPS) is 12.3. The quantitative estimate of drug-likeness (QED) is 0.854. The fourth-order valence-electron chi connectivity index (χ4n) is 2.63. The molecule has 0 saturated carbocycles. The molecule has 1 aliphatic heterocycles. The summed E-state index contributed by atoms with van der Waals surface area (Å²) in [5.74, 6) is 2.32. The first kappa shape index (κ1) is 17.7. The van der Waals surface area contributed by atoms with Crippen LogP contribution in [0.5, 0.6) is 28.7 Å². The summed E-state index contributed by atoms with van der Waals surface area (Å²) >= 11 is 0. The second-order valence-corrected chi connectivity index (χ2v) is 5.46. The molecular formula is C19H21NO6. The van der Waals surface area contributed by atoms with Gasteiger partial charge in [0.1, 0.15) is 13.2 Å². The molecule has 1 amide bonds. The molecule has 0 unspecified atom stereocenters. The van der Waals surface area contributed by atoms with E-state index in [2.05, 4.69) is 5.32 Å². The van der Waals surface area contributed by atoms with Gasteiger partial charge in [0.2, 0.25) is 5.75 Å². The van der Waals surface area contributed by atoms with Crippen LogP contribution in [0.25, 0.3) is 0 Å². The van der Waals surface area contributed by atoms with E-state index in [0.717, 1.165) is 0 Å². The van der Waals surface area contributed by atoms with Gasteiger partial charge >= 0.3 is 0 Å². The number of carbonyl (C=O) groups excluding carboxylic acids is 1. The average molecular weight is 359 g/mol. The number of fused-ring (bicyclic) bond motifs is 1. The molecule has 0 bridgehead atoms. The number of ether oxygens (including phenoxy) is 5. The summed E-state index contributed by atoms with van der Waals surface area (Å²) in [4.78, 5) is 12.6. The highest BCUT2D eigenvalue weighted by atomic mass is 16.6. The molecule has 1 N–H and O–H groups in total. The summed E-state index contributed by atoms with van der Waals surface area (Å²) in [7, 11) is 3.07. The molecule has 2 aromatic rings. The molecule has 7 heteroatoms. The highest BCUT2D eigenvalue weighted by molar-refractivity contribution is 6.05. The van der Waals surface area contributed by atoms with Crippen LogP contribution in [0.1, 0.15) is 17.3 Å². The van der Waals surface area contributed by atoms with E-state index in [0.29, 0.717) is 59.8 Å². The minimum Gasteiger partial charge on any atom is -0.493 e. The molecule has 0 aliphatic carbocycles. The SMILES string of the molecule is CCOc1ccc(NC(=O)c2cc(OC)c3c(c2)OCCO3)cc1OC. The molecule has 0 saturated heterocycles. The Morgan fingerprint density at radius 2 is 1.81 bits per heavy atom. The first-order valence-corrected chi connectivity index (χ1v) is 8.26. The largest absolute Gasteiger partial charge is 0.493 e. The van der Waals surface area contributed by atoms with Gasteiger partial charge in [-0.2, -0.15) is 0 Å². The molecule has 1 heterocycles. The molecule has 2 aromatic carbocycles. The number of methoxy groups -OCH3 is 2.